The Morgan fingerprint density at radius 1 is 1.04 bits per heavy atom. The van der Waals surface area contributed by atoms with Gasteiger partial charge in [-0.1, -0.05) is 37.3 Å². The van der Waals surface area contributed by atoms with Crippen molar-refractivity contribution in [3.63, 3.8) is 0 Å². The van der Waals surface area contributed by atoms with Crippen LogP contribution in [0.2, 0.25) is 0 Å². The molecule has 0 saturated heterocycles. The summed E-state index contributed by atoms with van der Waals surface area (Å²) in [5.74, 6) is 2.22. The molecule has 5 nitrogen and oxygen atoms in total. The fourth-order valence-electron chi connectivity index (χ4n) is 3.45. The highest BCUT2D eigenvalue weighted by Gasteiger charge is 2.18. The van der Waals surface area contributed by atoms with Gasteiger partial charge in [0.15, 0.2) is 0 Å². The van der Waals surface area contributed by atoms with Gasteiger partial charge in [0.1, 0.15) is 11.5 Å². The highest BCUT2D eigenvalue weighted by Crippen LogP contribution is 2.29. The minimum absolute atomic E-state index is 0.267. The molecule has 3 aromatic heterocycles. The van der Waals surface area contributed by atoms with Gasteiger partial charge >= 0.3 is 0 Å². The first-order valence-corrected chi connectivity index (χ1v) is 9.61. The van der Waals surface area contributed by atoms with Crippen LogP contribution < -0.4 is 0 Å². The van der Waals surface area contributed by atoms with E-state index in [1.165, 1.54) is 5.69 Å². The molecule has 4 rings (SSSR count). The quantitative estimate of drug-likeness (QED) is 0.466. The lowest BCUT2D eigenvalue weighted by Gasteiger charge is -2.14. The molecule has 0 amide bonds. The van der Waals surface area contributed by atoms with Gasteiger partial charge in [-0.05, 0) is 25.5 Å². The van der Waals surface area contributed by atoms with Crippen molar-refractivity contribution in [2.45, 2.75) is 39.2 Å². The van der Waals surface area contributed by atoms with Gasteiger partial charge in [0.2, 0.25) is 0 Å². The second kappa shape index (κ2) is 8.21. The normalized spacial score (nSPS) is 12.2. The maximum atomic E-state index is 5.86. The molecule has 0 spiro atoms. The summed E-state index contributed by atoms with van der Waals surface area (Å²) in [6.07, 6.45) is 8.88. The van der Waals surface area contributed by atoms with E-state index in [2.05, 4.69) is 51.8 Å². The molecule has 3 heterocycles. The predicted octanol–water partition coefficient (Wildman–Crippen LogP) is 4.83. The maximum absolute atomic E-state index is 5.86. The SMILES string of the molecule is Cc1ccc([C@H](C)Cc2c(-c3ccccc3)ncn2CCc2cnccn2)o1. The summed E-state index contributed by atoms with van der Waals surface area (Å²) in [5.41, 5.74) is 4.38. The molecule has 0 aliphatic heterocycles. The van der Waals surface area contributed by atoms with Crippen LogP contribution in [0.3, 0.4) is 0 Å². The minimum Gasteiger partial charge on any atom is -0.466 e. The monoisotopic (exact) mass is 372 g/mol. The van der Waals surface area contributed by atoms with Crippen molar-refractivity contribution in [1.29, 1.82) is 0 Å². The number of nitrogens with zero attached hydrogens (tertiary/aromatic N) is 4. The average Bonchev–Trinajstić information content (AvgIpc) is 3.34. The van der Waals surface area contributed by atoms with Gasteiger partial charge in [-0.3, -0.25) is 9.97 Å². The number of benzene rings is 1. The average molecular weight is 372 g/mol. The largest absolute Gasteiger partial charge is 0.466 e. The first-order valence-electron chi connectivity index (χ1n) is 9.61. The van der Waals surface area contributed by atoms with E-state index in [4.69, 9.17) is 9.40 Å². The Balaban J connectivity index is 1.63. The molecular formula is C23H24N4O. The molecule has 0 radical (unpaired) electrons. The summed E-state index contributed by atoms with van der Waals surface area (Å²) in [6, 6.07) is 14.5. The van der Waals surface area contributed by atoms with Crippen LogP contribution in [0.5, 0.6) is 0 Å². The first kappa shape index (κ1) is 18.2. The molecule has 4 aromatic rings. The zero-order valence-corrected chi connectivity index (χ0v) is 16.2. The van der Waals surface area contributed by atoms with Crippen LogP contribution in [-0.2, 0) is 19.4 Å². The topological polar surface area (TPSA) is 56.7 Å². The molecule has 0 fully saturated rings. The number of aromatic nitrogens is 4. The van der Waals surface area contributed by atoms with E-state index in [0.29, 0.717) is 0 Å². The Hall–Kier alpha value is -3.21. The second-order valence-corrected chi connectivity index (χ2v) is 7.10. The van der Waals surface area contributed by atoms with Crippen molar-refractivity contribution in [2.75, 3.05) is 0 Å². The summed E-state index contributed by atoms with van der Waals surface area (Å²) in [4.78, 5) is 13.3. The third kappa shape index (κ3) is 4.03. The fourth-order valence-corrected chi connectivity index (χ4v) is 3.45. The third-order valence-electron chi connectivity index (χ3n) is 4.97. The molecule has 0 N–H and O–H groups in total. The molecule has 0 bridgehead atoms. The lowest BCUT2D eigenvalue weighted by molar-refractivity contribution is 0.448. The van der Waals surface area contributed by atoms with Crippen LogP contribution in [0.4, 0.5) is 0 Å². The van der Waals surface area contributed by atoms with Crippen LogP contribution in [0.15, 0.2) is 71.8 Å². The molecule has 28 heavy (non-hydrogen) atoms. The van der Waals surface area contributed by atoms with Gasteiger partial charge < -0.3 is 8.98 Å². The number of furan rings is 1. The van der Waals surface area contributed by atoms with Gasteiger partial charge in [-0.2, -0.15) is 0 Å². The van der Waals surface area contributed by atoms with E-state index in [0.717, 1.165) is 47.9 Å². The fraction of sp³-hybridized carbons (Fsp3) is 0.261. The van der Waals surface area contributed by atoms with Gasteiger partial charge in [0.25, 0.3) is 0 Å². The van der Waals surface area contributed by atoms with Crippen molar-refractivity contribution < 1.29 is 4.42 Å². The Morgan fingerprint density at radius 2 is 1.89 bits per heavy atom. The Morgan fingerprint density at radius 3 is 2.61 bits per heavy atom. The molecule has 142 valence electrons. The Labute approximate surface area is 165 Å². The summed E-state index contributed by atoms with van der Waals surface area (Å²) in [6.45, 7) is 5.00. The van der Waals surface area contributed by atoms with E-state index in [1.807, 2.05) is 31.6 Å². The van der Waals surface area contributed by atoms with Crippen molar-refractivity contribution in [3.8, 4) is 11.3 Å². The molecule has 0 saturated carbocycles. The molecule has 1 atom stereocenters. The molecule has 1 aromatic carbocycles. The summed E-state index contributed by atoms with van der Waals surface area (Å²) >= 11 is 0. The van der Waals surface area contributed by atoms with Crippen molar-refractivity contribution >= 4 is 0 Å². The van der Waals surface area contributed by atoms with Crippen molar-refractivity contribution in [2.24, 2.45) is 0 Å². The lowest BCUT2D eigenvalue weighted by Crippen LogP contribution is -2.09. The predicted molar refractivity (Wildman–Crippen MR) is 109 cm³/mol. The van der Waals surface area contributed by atoms with E-state index in [1.54, 1.807) is 12.4 Å². The van der Waals surface area contributed by atoms with Crippen molar-refractivity contribution in [3.05, 3.63) is 90.3 Å². The van der Waals surface area contributed by atoms with E-state index in [-0.39, 0.29) is 5.92 Å². The van der Waals surface area contributed by atoms with E-state index in [9.17, 15) is 0 Å². The highest BCUT2D eigenvalue weighted by molar-refractivity contribution is 5.62. The third-order valence-corrected chi connectivity index (χ3v) is 4.97. The van der Waals surface area contributed by atoms with Crippen LogP contribution in [0.1, 0.15) is 35.7 Å². The van der Waals surface area contributed by atoms with Crippen molar-refractivity contribution in [1.82, 2.24) is 19.5 Å². The lowest BCUT2D eigenvalue weighted by atomic mass is 9.99. The zero-order chi connectivity index (χ0) is 19.3. The Bertz CT molecular complexity index is 1020. The highest BCUT2D eigenvalue weighted by atomic mass is 16.3. The Kier molecular flexibility index (Phi) is 5.33. The van der Waals surface area contributed by atoms with Gasteiger partial charge in [-0.15, -0.1) is 0 Å². The van der Waals surface area contributed by atoms with Crippen LogP contribution in [0, 0.1) is 6.92 Å². The molecule has 0 aliphatic carbocycles. The number of rotatable bonds is 7. The molecule has 0 aliphatic rings. The van der Waals surface area contributed by atoms with Crippen LogP contribution >= 0.6 is 0 Å². The standard InChI is InChI=1S/C23H24N4O/c1-17(22-9-8-18(2)28-22)14-21-23(19-6-4-3-5-7-19)26-16-27(21)13-10-20-15-24-11-12-25-20/h3-9,11-12,15-17H,10,13-14H2,1-2H3/t17-/m1/s1. The van der Waals surface area contributed by atoms with Gasteiger partial charge in [0, 0.05) is 48.7 Å². The molecule has 5 heteroatoms. The summed E-state index contributed by atoms with van der Waals surface area (Å²) in [5, 5.41) is 0. The number of imidazole rings is 1. The van der Waals surface area contributed by atoms with Crippen LogP contribution in [0.25, 0.3) is 11.3 Å². The maximum Gasteiger partial charge on any atom is 0.107 e. The van der Waals surface area contributed by atoms with Crippen LogP contribution in [-0.4, -0.2) is 19.5 Å². The number of hydrogen-bond acceptors (Lipinski definition) is 4. The second-order valence-electron chi connectivity index (χ2n) is 7.10. The summed E-state index contributed by atoms with van der Waals surface area (Å²) in [7, 11) is 0. The zero-order valence-electron chi connectivity index (χ0n) is 16.2. The van der Waals surface area contributed by atoms with E-state index >= 15 is 0 Å². The number of aryl methyl sites for hydroxylation is 3. The molecule has 0 unspecified atom stereocenters. The summed E-state index contributed by atoms with van der Waals surface area (Å²) < 4.78 is 8.10. The molecular weight excluding hydrogens is 348 g/mol. The van der Waals surface area contributed by atoms with Gasteiger partial charge in [-0.25, -0.2) is 4.98 Å². The first-order chi connectivity index (χ1) is 13.7. The van der Waals surface area contributed by atoms with E-state index < -0.39 is 0 Å². The smallest absolute Gasteiger partial charge is 0.107 e. The van der Waals surface area contributed by atoms with Gasteiger partial charge in [0.05, 0.1) is 17.7 Å². The number of hydrogen-bond donors (Lipinski definition) is 0. The minimum atomic E-state index is 0.267.